The molecule has 6 heteroatoms. The second-order valence-electron chi connectivity index (χ2n) is 5.86. The Labute approximate surface area is 123 Å². The fourth-order valence-corrected chi connectivity index (χ4v) is 3.56. The normalized spacial score (nSPS) is 27.7. The SMILES string of the molecule is OCCO[C@H]1C[C@@H](O)C12CCN(c1ncccc1F)CC2. The van der Waals surface area contributed by atoms with Gasteiger partial charge in [-0.25, -0.2) is 9.37 Å². The summed E-state index contributed by atoms with van der Waals surface area (Å²) in [5.41, 5.74) is -0.239. The van der Waals surface area contributed by atoms with Crippen LogP contribution in [0.15, 0.2) is 18.3 Å². The summed E-state index contributed by atoms with van der Waals surface area (Å²) in [6, 6.07) is 3.00. The molecule has 1 saturated carbocycles. The minimum atomic E-state index is -0.364. The molecule has 2 N–H and O–H groups in total. The first-order chi connectivity index (χ1) is 10.2. The number of hydrogen-bond donors (Lipinski definition) is 2. The van der Waals surface area contributed by atoms with E-state index in [2.05, 4.69) is 4.98 Å². The number of pyridine rings is 1. The number of aliphatic hydroxyl groups excluding tert-OH is 2. The number of ether oxygens (including phenoxy) is 1. The number of aliphatic hydroxyl groups is 2. The summed E-state index contributed by atoms with van der Waals surface area (Å²) in [6.45, 7) is 1.61. The lowest BCUT2D eigenvalue weighted by atomic mass is 9.58. The molecule has 0 aromatic carbocycles. The third kappa shape index (κ3) is 2.52. The topological polar surface area (TPSA) is 65.8 Å². The first kappa shape index (κ1) is 14.7. The fourth-order valence-electron chi connectivity index (χ4n) is 3.56. The molecule has 1 spiro atoms. The van der Waals surface area contributed by atoms with Crippen molar-refractivity contribution in [2.24, 2.45) is 5.41 Å². The number of aromatic nitrogens is 1. The van der Waals surface area contributed by atoms with Crippen LogP contribution in [-0.2, 0) is 4.74 Å². The molecule has 2 aliphatic rings. The molecule has 116 valence electrons. The minimum Gasteiger partial charge on any atom is -0.394 e. The zero-order chi connectivity index (χ0) is 14.9. The molecule has 0 unspecified atom stereocenters. The Hall–Kier alpha value is -1.24. The van der Waals surface area contributed by atoms with Crippen molar-refractivity contribution in [2.75, 3.05) is 31.2 Å². The summed E-state index contributed by atoms with van der Waals surface area (Å²) in [6.07, 6.45) is 3.35. The van der Waals surface area contributed by atoms with E-state index in [9.17, 15) is 9.50 Å². The van der Waals surface area contributed by atoms with E-state index < -0.39 is 0 Å². The van der Waals surface area contributed by atoms with Gasteiger partial charge in [0.2, 0.25) is 0 Å². The monoisotopic (exact) mass is 296 g/mol. The first-order valence-corrected chi connectivity index (χ1v) is 7.43. The number of hydrogen-bond acceptors (Lipinski definition) is 5. The molecule has 1 aromatic heterocycles. The highest BCUT2D eigenvalue weighted by Gasteiger charge is 2.56. The van der Waals surface area contributed by atoms with Gasteiger partial charge >= 0.3 is 0 Å². The highest BCUT2D eigenvalue weighted by molar-refractivity contribution is 5.40. The van der Waals surface area contributed by atoms with Gasteiger partial charge in [-0.2, -0.15) is 0 Å². The molecule has 1 aliphatic heterocycles. The van der Waals surface area contributed by atoms with E-state index in [-0.39, 0.29) is 30.0 Å². The van der Waals surface area contributed by atoms with E-state index in [1.54, 1.807) is 12.3 Å². The van der Waals surface area contributed by atoms with Crippen LogP contribution in [0.25, 0.3) is 0 Å². The maximum atomic E-state index is 13.8. The molecule has 0 amide bonds. The van der Waals surface area contributed by atoms with Gasteiger partial charge in [-0.15, -0.1) is 0 Å². The summed E-state index contributed by atoms with van der Waals surface area (Å²) in [5, 5.41) is 19.0. The van der Waals surface area contributed by atoms with Gasteiger partial charge in [-0.05, 0) is 25.0 Å². The van der Waals surface area contributed by atoms with Crippen molar-refractivity contribution in [2.45, 2.75) is 31.5 Å². The molecule has 21 heavy (non-hydrogen) atoms. The number of anilines is 1. The zero-order valence-electron chi connectivity index (χ0n) is 11.9. The molecule has 2 heterocycles. The number of nitrogens with zero attached hydrogens (tertiary/aromatic N) is 2. The molecule has 1 aromatic rings. The largest absolute Gasteiger partial charge is 0.394 e. The zero-order valence-corrected chi connectivity index (χ0v) is 11.9. The van der Waals surface area contributed by atoms with Crippen LogP contribution in [0.3, 0.4) is 0 Å². The van der Waals surface area contributed by atoms with Crippen molar-refractivity contribution in [1.29, 1.82) is 0 Å². The van der Waals surface area contributed by atoms with Gasteiger partial charge in [0.1, 0.15) is 0 Å². The second kappa shape index (κ2) is 5.87. The lowest BCUT2D eigenvalue weighted by molar-refractivity contribution is -0.203. The third-order valence-electron chi connectivity index (χ3n) is 4.89. The summed E-state index contributed by atoms with van der Waals surface area (Å²) in [4.78, 5) is 6.03. The number of halogens is 1. The van der Waals surface area contributed by atoms with Gasteiger partial charge in [0.25, 0.3) is 0 Å². The van der Waals surface area contributed by atoms with Crippen molar-refractivity contribution < 1.29 is 19.3 Å². The summed E-state index contributed by atoms with van der Waals surface area (Å²) < 4.78 is 19.4. The predicted octanol–water partition coefficient (Wildman–Crippen LogP) is 0.949. The van der Waals surface area contributed by atoms with Gasteiger partial charge < -0.3 is 19.8 Å². The van der Waals surface area contributed by atoms with Crippen LogP contribution in [0.4, 0.5) is 10.2 Å². The summed E-state index contributed by atoms with van der Waals surface area (Å²) >= 11 is 0. The number of rotatable bonds is 4. The maximum absolute atomic E-state index is 13.8. The highest BCUT2D eigenvalue weighted by atomic mass is 19.1. The molecule has 3 rings (SSSR count). The van der Waals surface area contributed by atoms with Gasteiger partial charge in [-0.3, -0.25) is 0 Å². The summed E-state index contributed by atoms with van der Waals surface area (Å²) in [7, 11) is 0. The van der Waals surface area contributed by atoms with Crippen molar-refractivity contribution in [1.82, 2.24) is 4.98 Å². The highest BCUT2D eigenvalue weighted by Crippen LogP contribution is 2.51. The molecular weight excluding hydrogens is 275 g/mol. The quantitative estimate of drug-likeness (QED) is 0.866. The van der Waals surface area contributed by atoms with Gasteiger partial charge in [-0.1, -0.05) is 0 Å². The van der Waals surface area contributed by atoms with E-state index in [4.69, 9.17) is 9.84 Å². The minimum absolute atomic E-state index is 0.00428. The smallest absolute Gasteiger partial charge is 0.165 e. The fraction of sp³-hybridized carbons (Fsp3) is 0.667. The Balaban J connectivity index is 1.65. The van der Waals surface area contributed by atoms with Crippen LogP contribution < -0.4 is 4.90 Å². The predicted molar refractivity (Wildman–Crippen MR) is 75.5 cm³/mol. The van der Waals surface area contributed by atoms with Crippen molar-refractivity contribution in [3.8, 4) is 0 Å². The third-order valence-corrected chi connectivity index (χ3v) is 4.89. The van der Waals surface area contributed by atoms with Gasteiger partial charge in [0.15, 0.2) is 11.6 Å². The first-order valence-electron chi connectivity index (χ1n) is 7.43. The number of piperidine rings is 1. The molecule has 0 bridgehead atoms. The Morgan fingerprint density at radius 3 is 2.81 bits per heavy atom. The van der Waals surface area contributed by atoms with E-state index in [0.29, 0.717) is 31.9 Å². The van der Waals surface area contributed by atoms with E-state index >= 15 is 0 Å². The molecule has 0 radical (unpaired) electrons. The van der Waals surface area contributed by atoms with Crippen LogP contribution in [0.2, 0.25) is 0 Å². The lowest BCUT2D eigenvalue weighted by Gasteiger charge is -2.56. The van der Waals surface area contributed by atoms with Crippen LogP contribution >= 0.6 is 0 Å². The Morgan fingerprint density at radius 1 is 1.43 bits per heavy atom. The van der Waals surface area contributed by atoms with Crippen molar-refractivity contribution in [3.63, 3.8) is 0 Å². The average Bonchev–Trinajstić information content (AvgIpc) is 2.52. The van der Waals surface area contributed by atoms with Crippen molar-refractivity contribution >= 4 is 5.82 Å². The van der Waals surface area contributed by atoms with E-state index in [1.165, 1.54) is 6.07 Å². The van der Waals surface area contributed by atoms with E-state index in [1.807, 2.05) is 4.90 Å². The van der Waals surface area contributed by atoms with Crippen molar-refractivity contribution in [3.05, 3.63) is 24.1 Å². The summed E-state index contributed by atoms with van der Waals surface area (Å²) in [5.74, 6) is 0.0738. The van der Waals surface area contributed by atoms with E-state index in [0.717, 1.165) is 12.8 Å². The maximum Gasteiger partial charge on any atom is 0.165 e. The molecule has 1 saturated heterocycles. The Morgan fingerprint density at radius 2 is 2.19 bits per heavy atom. The molecule has 1 aliphatic carbocycles. The van der Waals surface area contributed by atoms with Gasteiger partial charge in [0, 0.05) is 31.1 Å². The molecule has 5 nitrogen and oxygen atoms in total. The standard InChI is InChI=1S/C15H21FN2O3/c16-11-2-1-5-17-14(11)18-6-3-15(4-7-18)12(20)10-13(15)21-9-8-19/h1-2,5,12-13,19-20H,3-4,6-10H2/t12-,13+/m1/s1. The molecule has 2 fully saturated rings. The Kier molecular flexibility index (Phi) is 4.10. The second-order valence-corrected chi connectivity index (χ2v) is 5.86. The Bertz CT molecular complexity index is 492. The van der Waals surface area contributed by atoms with Crippen LogP contribution in [0.1, 0.15) is 19.3 Å². The lowest BCUT2D eigenvalue weighted by Crippen LogP contribution is -2.62. The van der Waals surface area contributed by atoms with Crippen LogP contribution in [0, 0.1) is 11.2 Å². The molecule has 2 atom stereocenters. The van der Waals surface area contributed by atoms with Crippen LogP contribution in [0.5, 0.6) is 0 Å². The molecular formula is C15H21FN2O3. The average molecular weight is 296 g/mol. The van der Waals surface area contributed by atoms with Gasteiger partial charge in [0.05, 0.1) is 25.4 Å². The van der Waals surface area contributed by atoms with Crippen LogP contribution in [-0.4, -0.2) is 53.7 Å².